The minimum absolute atomic E-state index is 0.0167. The lowest BCUT2D eigenvalue weighted by molar-refractivity contribution is -0.161. The van der Waals surface area contributed by atoms with Gasteiger partial charge in [-0.3, -0.25) is 4.79 Å². The van der Waals surface area contributed by atoms with Crippen molar-refractivity contribution in [1.29, 1.82) is 0 Å². The zero-order valence-electron chi connectivity index (χ0n) is 12.4. The standard InChI is InChI=1S/C16H16N2O4S/c1-7(19)12-11-6-10(13(16(21)22)18(11)15(12)20)8-3-2-4-9(5-8)14(17)23/h2-5,7,11-12,19H,6H2,1H3,(H2,17,23)(H,21,22)/t7-,11-,12-/m1/s1. The molecule has 0 spiro atoms. The number of carbonyl (C=O) groups excluding carboxylic acids is 1. The molecule has 1 aromatic rings. The van der Waals surface area contributed by atoms with Gasteiger partial charge >= 0.3 is 5.97 Å². The predicted molar refractivity (Wildman–Crippen MR) is 87.3 cm³/mol. The maximum absolute atomic E-state index is 12.2. The minimum Gasteiger partial charge on any atom is -0.477 e. The number of carboxylic acids is 1. The summed E-state index contributed by atoms with van der Waals surface area (Å²) in [4.78, 5) is 25.3. The average Bonchev–Trinajstić information content (AvgIpc) is 2.82. The van der Waals surface area contributed by atoms with Gasteiger partial charge in [-0.1, -0.05) is 30.4 Å². The van der Waals surface area contributed by atoms with Crippen LogP contribution in [0.25, 0.3) is 5.57 Å². The first-order valence-corrected chi connectivity index (χ1v) is 7.61. The van der Waals surface area contributed by atoms with Crippen LogP contribution in [0.1, 0.15) is 24.5 Å². The minimum atomic E-state index is -1.15. The number of nitrogens with zero attached hydrogens (tertiary/aromatic N) is 1. The van der Waals surface area contributed by atoms with Gasteiger partial charge in [0.2, 0.25) is 5.91 Å². The number of carbonyl (C=O) groups is 2. The van der Waals surface area contributed by atoms with Crippen molar-refractivity contribution < 1.29 is 19.8 Å². The summed E-state index contributed by atoms with van der Waals surface area (Å²) in [6.07, 6.45) is -0.412. The van der Waals surface area contributed by atoms with Crippen molar-refractivity contribution in [2.45, 2.75) is 25.5 Å². The molecule has 0 aliphatic carbocycles. The molecule has 2 aliphatic heterocycles. The summed E-state index contributed by atoms with van der Waals surface area (Å²) in [7, 11) is 0. The van der Waals surface area contributed by atoms with Crippen LogP contribution in [0.4, 0.5) is 0 Å². The summed E-state index contributed by atoms with van der Waals surface area (Å²) in [6, 6.07) is 6.69. The Morgan fingerprint density at radius 2 is 2.17 bits per heavy atom. The van der Waals surface area contributed by atoms with Gasteiger partial charge in [0.15, 0.2) is 0 Å². The van der Waals surface area contributed by atoms with E-state index in [1.165, 1.54) is 4.90 Å². The highest BCUT2D eigenvalue weighted by molar-refractivity contribution is 7.80. The maximum Gasteiger partial charge on any atom is 0.352 e. The van der Waals surface area contributed by atoms with E-state index in [1.807, 2.05) is 0 Å². The van der Waals surface area contributed by atoms with E-state index in [9.17, 15) is 19.8 Å². The Balaban J connectivity index is 2.05. The number of rotatable bonds is 4. The molecule has 2 heterocycles. The number of carboxylic acid groups (broad SMARTS) is 1. The van der Waals surface area contributed by atoms with E-state index >= 15 is 0 Å². The Hall–Kier alpha value is -2.25. The number of hydrogen-bond donors (Lipinski definition) is 3. The highest BCUT2D eigenvalue weighted by Gasteiger charge is 2.56. The summed E-state index contributed by atoms with van der Waals surface area (Å²) in [6.45, 7) is 1.55. The molecule has 0 aromatic heterocycles. The number of aliphatic carboxylic acids is 1. The van der Waals surface area contributed by atoms with Crippen molar-refractivity contribution in [1.82, 2.24) is 4.90 Å². The molecule has 1 amide bonds. The van der Waals surface area contributed by atoms with Crippen LogP contribution in [0.2, 0.25) is 0 Å². The fraction of sp³-hybridized carbons (Fsp3) is 0.312. The van der Waals surface area contributed by atoms with Crippen LogP contribution in [-0.4, -0.2) is 44.1 Å². The van der Waals surface area contributed by atoms with Crippen LogP contribution in [0.15, 0.2) is 30.0 Å². The molecule has 3 rings (SSSR count). The number of fused-ring (bicyclic) bond motifs is 1. The summed E-state index contributed by atoms with van der Waals surface area (Å²) < 4.78 is 0. The molecular weight excluding hydrogens is 316 g/mol. The Bertz CT molecular complexity index is 756. The van der Waals surface area contributed by atoms with Gasteiger partial charge in [0.25, 0.3) is 0 Å². The fourth-order valence-corrected chi connectivity index (χ4v) is 3.51. The third-order valence-electron chi connectivity index (χ3n) is 4.43. The monoisotopic (exact) mass is 332 g/mol. The van der Waals surface area contributed by atoms with Crippen LogP contribution >= 0.6 is 12.2 Å². The average molecular weight is 332 g/mol. The highest BCUT2D eigenvalue weighted by Crippen LogP contribution is 2.46. The Morgan fingerprint density at radius 3 is 2.74 bits per heavy atom. The van der Waals surface area contributed by atoms with E-state index in [2.05, 4.69) is 0 Å². The number of nitrogens with two attached hydrogens (primary N) is 1. The Kier molecular flexibility index (Phi) is 3.69. The second kappa shape index (κ2) is 5.43. The summed E-state index contributed by atoms with van der Waals surface area (Å²) in [5, 5.41) is 19.3. The second-order valence-electron chi connectivity index (χ2n) is 5.82. The third kappa shape index (κ3) is 2.32. The van der Waals surface area contributed by atoms with Gasteiger partial charge in [-0.25, -0.2) is 4.79 Å². The lowest BCUT2D eigenvalue weighted by atomic mass is 9.82. The van der Waals surface area contributed by atoms with Gasteiger partial charge in [0.05, 0.1) is 18.1 Å². The van der Waals surface area contributed by atoms with Crippen LogP contribution in [0, 0.1) is 5.92 Å². The number of amides is 1. The lowest BCUT2D eigenvalue weighted by Gasteiger charge is -2.44. The van der Waals surface area contributed by atoms with Gasteiger partial charge in [-0.15, -0.1) is 0 Å². The van der Waals surface area contributed by atoms with Gasteiger partial charge < -0.3 is 20.8 Å². The molecule has 4 N–H and O–H groups in total. The van der Waals surface area contributed by atoms with E-state index in [-0.39, 0.29) is 22.6 Å². The van der Waals surface area contributed by atoms with E-state index < -0.39 is 18.0 Å². The van der Waals surface area contributed by atoms with Crippen LogP contribution in [-0.2, 0) is 9.59 Å². The first kappa shape index (κ1) is 15.6. The lowest BCUT2D eigenvalue weighted by Crippen LogP contribution is -2.61. The molecular formula is C16H16N2O4S. The SMILES string of the molecule is C[C@@H](O)[C@H]1C(=O)N2C(C(=O)O)=C(c3cccc(C(N)=S)c3)C[C@H]12. The van der Waals surface area contributed by atoms with E-state index in [1.54, 1.807) is 31.2 Å². The third-order valence-corrected chi connectivity index (χ3v) is 4.66. The number of thiocarbonyl (C=S) groups is 1. The topological polar surface area (TPSA) is 104 Å². The Labute approximate surface area is 138 Å². The number of β-lactam (4-membered cyclic amide) rings is 1. The second-order valence-corrected chi connectivity index (χ2v) is 6.26. The number of aliphatic hydroxyl groups excluding tert-OH is 1. The van der Waals surface area contributed by atoms with Crippen molar-refractivity contribution in [3.63, 3.8) is 0 Å². The van der Waals surface area contributed by atoms with Gasteiger partial charge in [0.1, 0.15) is 10.7 Å². The van der Waals surface area contributed by atoms with Gasteiger partial charge in [-0.05, 0) is 30.5 Å². The molecule has 6 nitrogen and oxygen atoms in total. The number of hydrogen-bond acceptors (Lipinski definition) is 4. The molecule has 1 fully saturated rings. The van der Waals surface area contributed by atoms with Crippen LogP contribution in [0.5, 0.6) is 0 Å². The quantitative estimate of drug-likeness (QED) is 0.555. The van der Waals surface area contributed by atoms with Gasteiger partial charge in [0, 0.05) is 5.56 Å². The molecule has 2 aliphatic rings. The molecule has 120 valence electrons. The fourth-order valence-electron chi connectivity index (χ4n) is 3.39. The number of benzene rings is 1. The summed E-state index contributed by atoms with van der Waals surface area (Å²) in [5.74, 6) is -2.05. The summed E-state index contributed by atoms with van der Waals surface area (Å²) in [5.41, 5.74) is 7.50. The molecule has 0 bridgehead atoms. The molecule has 1 aromatic carbocycles. The zero-order valence-corrected chi connectivity index (χ0v) is 13.2. The smallest absolute Gasteiger partial charge is 0.352 e. The highest BCUT2D eigenvalue weighted by atomic mass is 32.1. The zero-order chi connectivity index (χ0) is 16.9. The molecule has 3 atom stereocenters. The van der Waals surface area contributed by atoms with Crippen molar-refractivity contribution >= 4 is 34.7 Å². The largest absolute Gasteiger partial charge is 0.477 e. The van der Waals surface area contributed by atoms with Crippen molar-refractivity contribution in [3.05, 3.63) is 41.1 Å². The molecule has 1 saturated heterocycles. The first-order valence-electron chi connectivity index (χ1n) is 7.20. The molecule has 0 radical (unpaired) electrons. The molecule has 0 unspecified atom stereocenters. The normalized spacial score (nSPS) is 24.3. The first-order chi connectivity index (χ1) is 10.8. The van der Waals surface area contributed by atoms with Crippen LogP contribution in [0.3, 0.4) is 0 Å². The number of aliphatic hydroxyl groups is 1. The maximum atomic E-state index is 12.2. The Morgan fingerprint density at radius 1 is 1.48 bits per heavy atom. The van der Waals surface area contributed by atoms with Crippen LogP contribution < -0.4 is 5.73 Å². The summed E-state index contributed by atoms with van der Waals surface area (Å²) >= 11 is 4.96. The van der Waals surface area contributed by atoms with Crippen molar-refractivity contribution in [2.24, 2.45) is 11.7 Å². The van der Waals surface area contributed by atoms with E-state index in [0.717, 1.165) is 0 Å². The van der Waals surface area contributed by atoms with Gasteiger partial charge in [-0.2, -0.15) is 0 Å². The van der Waals surface area contributed by atoms with E-state index in [0.29, 0.717) is 23.1 Å². The van der Waals surface area contributed by atoms with E-state index in [4.69, 9.17) is 18.0 Å². The van der Waals surface area contributed by atoms with Crippen molar-refractivity contribution in [2.75, 3.05) is 0 Å². The molecule has 7 heteroatoms. The van der Waals surface area contributed by atoms with Crippen molar-refractivity contribution in [3.8, 4) is 0 Å². The molecule has 0 saturated carbocycles. The molecule has 23 heavy (non-hydrogen) atoms. The predicted octanol–water partition coefficient (Wildman–Crippen LogP) is 0.728.